The van der Waals surface area contributed by atoms with Crippen molar-refractivity contribution in [1.82, 2.24) is 5.32 Å². The Morgan fingerprint density at radius 3 is 2.28 bits per heavy atom. The zero-order chi connectivity index (χ0) is 13.9. The number of carboxylic acids is 1. The molecule has 104 valence electrons. The lowest BCUT2D eigenvalue weighted by atomic mass is 9.79. The van der Waals surface area contributed by atoms with Crippen molar-refractivity contribution in [2.24, 2.45) is 17.8 Å². The Labute approximate surface area is 109 Å². The van der Waals surface area contributed by atoms with E-state index in [1.807, 2.05) is 13.8 Å². The van der Waals surface area contributed by atoms with E-state index in [2.05, 4.69) is 12.2 Å². The molecule has 1 saturated carbocycles. The second-order valence-electron chi connectivity index (χ2n) is 6.02. The maximum Gasteiger partial charge on any atom is 0.329 e. The van der Waals surface area contributed by atoms with Gasteiger partial charge in [0, 0.05) is 5.92 Å². The van der Waals surface area contributed by atoms with E-state index in [0.29, 0.717) is 5.92 Å². The fourth-order valence-corrected chi connectivity index (χ4v) is 2.50. The van der Waals surface area contributed by atoms with E-state index >= 15 is 0 Å². The molecule has 0 bridgehead atoms. The van der Waals surface area contributed by atoms with Crippen molar-refractivity contribution >= 4 is 11.9 Å². The molecular formula is C14H25NO3. The number of carbonyl (C=O) groups excluding carboxylic acids is 1. The molecule has 0 saturated heterocycles. The molecule has 3 atom stereocenters. The molecule has 0 radical (unpaired) electrons. The van der Waals surface area contributed by atoms with Gasteiger partial charge >= 0.3 is 5.97 Å². The topological polar surface area (TPSA) is 66.4 Å². The highest BCUT2D eigenvalue weighted by molar-refractivity contribution is 5.88. The van der Waals surface area contributed by atoms with Crippen molar-refractivity contribution in [2.75, 3.05) is 0 Å². The minimum atomic E-state index is -1.17. The molecule has 18 heavy (non-hydrogen) atoms. The lowest BCUT2D eigenvalue weighted by Crippen LogP contribution is -2.57. The van der Waals surface area contributed by atoms with Crippen LogP contribution in [-0.4, -0.2) is 22.5 Å². The van der Waals surface area contributed by atoms with Gasteiger partial charge in [0.05, 0.1) is 0 Å². The summed E-state index contributed by atoms with van der Waals surface area (Å²) in [5, 5.41) is 12.1. The summed E-state index contributed by atoms with van der Waals surface area (Å²) in [6, 6.07) is 0. The Bertz CT molecular complexity index is 327. The second kappa shape index (κ2) is 5.72. The molecule has 0 aromatic rings. The van der Waals surface area contributed by atoms with Crippen LogP contribution in [0.1, 0.15) is 53.4 Å². The summed E-state index contributed by atoms with van der Waals surface area (Å²) < 4.78 is 0. The molecule has 0 aliphatic heterocycles. The van der Waals surface area contributed by atoms with Gasteiger partial charge in [-0.05, 0) is 31.6 Å². The fraction of sp³-hybridized carbons (Fsp3) is 0.857. The molecule has 0 spiro atoms. The van der Waals surface area contributed by atoms with Crippen molar-refractivity contribution in [3.05, 3.63) is 0 Å². The van der Waals surface area contributed by atoms with Crippen molar-refractivity contribution in [2.45, 2.75) is 58.9 Å². The van der Waals surface area contributed by atoms with Crippen LogP contribution in [0.5, 0.6) is 0 Å². The predicted octanol–water partition coefficient (Wildman–Crippen LogP) is 2.43. The highest BCUT2D eigenvalue weighted by atomic mass is 16.4. The Balaban J connectivity index is 2.75. The van der Waals surface area contributed by atoms with Gasteiger partial charge in [-0.2, -0.15) is 0 Å². The van der Waals surface area contributed by atoms with E-state index in [4.69, 9.17) is 0 Å². The first-order chi connectivity index (χ1) is 8.29. The number of rotatable bonds is 4. The Morgan fingerprint density at radius 2 is 1.83 bits per heavy atom. The molecule has 1 aliphatic rings. The predicted molar refractivity (Wildman–Crippen MR) is 70.1 cm³/mol. The number of carboxylic acid groups (broad SMARTS) is 1. The first kappa shape index (κ1) is 15.0. The highest BCUT2D eigenvalue weighted by Crippen LogP contribution is 2.30. The van der Waals surface area contributed by atoms with Gasteiger partial charge in [-0.3, -0.25) is 4.79 Å². The molecule has 4 heteroatoms. The van der Waals surface area contributed by atoms with Gasteiger partial charge in [0.1, 0.15) is 5.54 Å². The number of nitrogens with one attached hydrogen (secondary N) is 1. The zero-order valence-electron chi connectivity index (χ0n) is 11.8. The van der Waals surface area contributed by atoms with Gasteiger partial charge < -0.3 is 10.4 Å². The Morgan fingerprint density at radius 1 is 1.28 bits per heavy atom. The number of carbonyl (C=O) groups is 2. The molecule has 0 heterocycles. The van der Waals surface area contributed by atoms with Gasteiger partial charge in [0.2, 0.25) is 5.91 Å². The van der Waals surface area contributed by atoms with Crippen molar-refractivity contribution in [3.8, 4) is 0 Å². The molecule has 1 rings (SSSR count). The summed E-state index contributed by atoms with van der Waals surface area (Å²) in [5.41, 5.74) is -1.17. The minimum absolute atomic E-state index is 0.0313. The Hall–Kier alpha value is -1.06. The van der Waals surface area contributed by atoms with Crippen LogP contribution in [0.4, 0.5) is 0 Å². The van der Waals surface area contributed by atoms with E-state index in [9.17, 15) is 14.7 Å². The number of amides is 1. The van der Waals surface area contributed by atoms with Gasteiger partial charge in [0.15, 0.2) is 0 Å². The second-order valence-corrected chi connectivity index (χ2v) is 6.02. The Kier molecular flexibility index (Phi) is 4.77. The van der Waals surface area contributed by atoms with Gasteiger partial charge in [-0.15, -0.1) is 0 Å². The van der Waals surface area contributed by atoms with Gasteiger partial charge in [0.25, 0.3) is 0 Å². The molecule has 4 nitrogen and oxygen atoms in total. The largest absolute Gasteiger partial charge is 0.480 e. The average Bonchev–Trinajstić information content (AvgIpc) is 2.28. The third kappa shape index (κ3) is 3.03. The van der Waals surface area contributed by atoms with Gasteiger partial charge in [-0.1, -0.05) is 33.6 Å². The highest BCUT2D eigenvalue weighted by Gasteiger charge is 2.40. The summed E-state index contributed by atoms with van der Waals surface area (Å²) in [6.45, 7) is 7.31. The minimum Gasteiger partial charge on any atom is -0.480 e. The van der Waals surface area contributed by atoms with Crippen LogP contribution in [0.3, 0.4) is 0 Å². The first-order valence-corrected chi connectivity index (χ1v) is 6.84. The molecule has 2 N–H and O–H groups in total. The summed E-state index contributed by atoms with van der Waals surface area (Å²) in [7, 11) is 0. The van der Waals surface area contributed by atoms with Crippen LogP contribution in [-0.2, 0) is 9.59 Å². The normalized spacial score (nSPS) is 27.6. The van der Waals surface area contributed by atoms with Crippen LogP contribution in [0.25, 0.3) is 0 Å². The smallest absolute Gasteiger partial charge is 0.329 e. The first-order valence-electron chi connectivity index (χ1n) is 6.84. The molecule has 0 aromatic heterocycles. The third-order valence-corrected chi connectivity index (χ3v) is 4.43. The van der Waals surface area contributed by atoms with Crippen LogP contribution >= 0.6 is 0 Å². The van der Waals surface area contributed by atoms with Crippen LogP contribution in [0.2, 0.25) is 0 Å². The molecule has 1 amide bonds. The number of aliphatic carboxylic acids is 1. The summed E-state index contributed by atoms with van der Waals surface area (Å²) in [4.78, 5) is 23.6. The summed E-state index contributed by atoms with van der Waals surface area (Å²) in [6.07, 6.45) is 4.17. The number of hydrogen-bond acceptors (Lipinski definition) is 2. The standard InChI is InChI=1S/C14H25NO3/c1-9(2)14(4,13(17)18)15-12(16)11-8-6-5-7-10(11)3/h9-11H,5-8H2,1-4H3,(H,15,16)(H,17,18)/t10?,11?,14-/m0/s1. The lowest BCUT2D eigenvalue weighted by Gasteiger charge is -2.34. The monoisotopic (exact) mass is 255 g/mol. The molecule has 0 aromatic carbocycles. The quantitative estimate of drug-likeness (QED) is 0.810. The van der Waals surface area contributed by atoms with Crippen LogP contribution in [0, 0.1) is 17.8 Å². The SMILES string of the molecule is CC1CCCCC1C(=O)N[C@](C)(C(=O)O)C(C)C. The van der Waals surface area contributed by atoms with E-state index in [0.717, 1.165) is 19.3 Å². The maximum atomic E-state index is 12.3. The third-order valence-electron chi connectivity index (χ3n) is 4.43. The maximum absolute atomic E-state index is 12.3. The number of hydrogen-bond donors (Lipinski definition) is 2. The van der Waals surface area contributed by atoms with E-state index in [-0.39, 0.29) is 17.7 Å². The van der Waals surface area contributed by atoms with Crippen LogP contribution < -0.4 is 5.32 Å². The fourth-order valence-electron chi connectivity index (χ4n) is 2.50. The zero-order valence-corrected chi connectivity index (χ0v) is 11.8. The van der Waals surface area contributed by atoms with Gasteiger partial charge in [-0.25, -0.2) is 4.79 Å². The summed E-state index contributed by atoms with van der Waals surface area (Å²) in [5.74, 6) is -0.881. The van der Waals surface area contributed by atoms with Crippen molar-refractivity contribution in [1.29, 1.82) is 0 Å². The molecular weight excluding hydrogens is 230 g/mol. The van der Waals surface area contributed by atoms with Crippen molar-refractivity contribution < 1.29 is 14.7 Å². The molecule has 1 aliphatic carbocycles. The van der Waals surface area contributed by atoms with E-state index in [1.54, 1.807) is 6.92 Å². The average molecular weight is 255 g/mol. The van der Waals surface area contributed by atoms with Crippen LogP contribution in [0.15, 0.2) is 0 Å². The molecule has 2 unspecified atom stereocenters. The van der Waals surface area contributed by atoms with E-state index in [1.165, 1.54) is 6.42 Å². The molecule has 1 fully saturated rings. The lowest BCUT2D eigenvalue weighted by molar-refractivity contribution is -0.150. The van der Waals surface area contributed by atoms with E-state index < -0.39 is 11.5 Å². The van der Waals surface area contributed by atoms with Crippen molar-refractivity contribution in [3.63, 3.8) is 0 Å². The summed E-state index contributed by atoms with van der Waals surface area (Å²) >= 11 is 0.